The quantitative estimate of drug-likeness (QED) is 0.491. The molecule has 0 bridgehead atoms. The molecule has 0 aliphatic carbocycles. The number of carbonyl (C=O) groups is 3. The second-order valence-electron chi connectivity index (χ2n) is 4.44. The van der Waals surface area contributed by atoms with Crippen molar-refractivity contribution in [2.45, 2.75) is 0 Å². The molecule has 0 aliphatic heterocycles. The van der Waals surface area contributed by atoms with E-state index in [0.717, 1.165) is 10.9 Å². The van der Waals surface area contributed by atoms with Crippen molar-refractivity contribution in [1.29, 1.82) is 0 Å². The Balaban J connectivity index is 1.72. The fourth-order valence-corrected chi connectivity index (χ4v) is 2.21. The van der Waals surface area contributed by atoms with Crippen LogP contribution in [0.5, 0.6) is 0 Å². The predicted octanol–water partition coefficient (Wildman–Crippen LogP) is 1.90. The highest BCUT2D eigenvalue weighted by atomic mass is 32.1. The maximum atomic E-state index is 13.4. The molecular formula is C16H13FN2O4S. The summed E-state index contributed by atoms with van der Waals surface area (Å²) in [6.45, 7) is -0.578. The second-order valence-corrected chi connectivity index (χ2v) is 5.42. The van der Waals surface area contributed by atoms with E-state index in [0.29, 0.717) is 0 Å². The highest BCUT2D eigenvalue weighted by molar-refractivity contribution is 7.10. The zero-order chi connectivity index (χ0) is 17.4. The SMILES string of the molecule is O=C(COC(=O)/C=C/c1cccs1)NNC(=O)c1ccccc1F. The highest BCUT2D eigenvalue weighted by Gasteiger charge is 2.12. The van der Waals surface area contributed by atoms with E-state index < -0.39 is 30.2 Å². The van der Waals surface area contributed by atoms with E-state index in [2.05, 4.69) is 0 Å². The van der Waals surface area contributed by atoms with E-state index in [1.807, 2.05) is 28.4 Å². The van der Waals surface area contributed by atoms with Crippen LogP contribution in [0.1, 0.15) is 15.2 Å². The van der Waals surface area contributed by atoms with Gasteiger partial charge in [-0.3, -0.25) is 20.4 Å². The van der Waals surface area contributed by atoms with Gasteiger partial charge in [0, 0.05) is 11.0 Å². The molecule has 6 nitrogen and oxygen atoms in total. The van der Waals surface area contributed by atoms with Crippen LogP contribution in [0, 0.1) is 5.82 Å². The van der Waals surface area contributed by atoms with Crippen LogP contribution < -0.4 is 10.9 Å². The van der Waals surface area contributed by atoms with Gasteiger partial charge in [-0.15, -0.1) is 11.3 Å². The van der Waals surface area contributed by atoms with Gasteiger partial charge in [-0.2, -0.15) is 0 Å². The third-order valence-corrected chi connectivity index (χ3v) is 3.54. The average Bonchev–Trinajstić information content (AvgIpc) is 3.10. The van der Waals surface area contributed by atoms with E-state index in [1.54, 1.807) is 6.08 Å². The van der Waals surface area contributed by atoms with Crippen molar-refractivity contribution in [2.24, 2.45) is 0 Å². The molecular weight excluding hydrogens is 335 g/mol. The van der Waals surface area contributed by atoms with Crippen molar-refractivity contribution in [3.05, 3.63) is 64.1 Å². The minimum Gasteiger partial charge on any atom is -0.452 e. The largest absolute Gasteiger partial charge is 0.452 e. The molecule has 1 aromatic carbocycles. The van der Waals surface area contributed by atoms with E-state index in [-0.39, 0.29) is 5.56 Å². The van der Waals surface area contributed by atoms with Gasteiger partial charge in [-0.05, 0) is 29.7 Å². The summed E-state index contributed by atoms with van der Waals surface area (Å²) in [5.74, 6) is -2.98. The number of amides is 2. The summed E-state index contributed by atoms with van der Waals surface area (Å²) in [7, 11) is 0. The first kappa shape index (κ1) is 17.4. The number of carbonyl (C=O) groups excluding carboxylic acids is 3. The van der Waals surface area contributed by atoms with Gasteiger partial charge in [0.25, 0.3) is 11.8 Å². The molecule has 0 spiro atoms. The minimum atomic E-state index is -0.814. The van der Waals surface area contributed by atoms with Crippen molar-refractivity contribution >= 4 is 35.2 Å². The number of hydrogen-bond donors (Lipinski definition) is 2. The van der Waals surface area contributed by atoms with Crippen molar-refractivity contribution in [2.75, 3.05) is 6.61 Å². The van der Waals surface area contributed by atoms with Gasteiger partial charge in [0.05, 0.1) is 5.56 Å². The first-order chi connectivity index (χ1) is 11.6. The fourth-order valence-electron chi connectivity index (χ4n) is 1.60. The van der Waals surface area contributed by atoms with E-state index in [4.69, 9.17) is 4.74 Å². The third-order valence-electron chi connectivity index (χ3n) is 2.71. The van der Waals surface area contributed by atoms with Crippen LogP contribution in [0.4, 0.5) is 4.39 Å². The zero-order valence-electron chi connectivity index (χ0n) is 12.3. The highest BCUT2D eigenvalue weighted by Crippen LogP contribution is 2.10. The van der Waals surface area contributed by atoms with Gasteiger partial charge >= 0.3 is 5.97 Å². The summed E-state index contributed by atoms with van der Waals surface area (Å²) in [6, 6.07) is 8.97. The lowest BCUT2D eigenvalue weighted by atomic mass is 10.2. The van der Waals surface area contributed by atoms with Crippen LogP contribution >= 0.6 is 11.3 Å². The summed E-state index contributed by atoms with van der Waals surface area (Å²) in [5, 5.41) is 1.86. The van der Waals surface area contributed by atoms with Crippen LogP contribution in [0.2, 0.25) is 0 Å². The van der Waals surface area contributed by atoms with Gasteiger partial charge in [-0.1, -0.05) is 18.2 Å². The van der Waals surface area contributed by atoms with Crippen molar-refractivity contribution in [3.63, 3.8) is 0 Å². The minimum absolute atomic E-state index is 0.214. The summed E-state index contributed by atoms with van der Waals surface area (Å²) in [4.78, 5) is 35.4. The van der Waals surface area contributed by atoms with Crippen molar-refractivity contribution in [3.8, 4) is 0 Å². The van der Waals surface area contributed by atoms with Crippen LogP contribution in [0.3, 0.4) is 0 Å². The number of hydrazine groups is 1. The number of thiophene rings is 1. The normalized spacial score (nSPS) is 10.4. The van der Waals surface area contributed by atoms with Crippen LogP contribution in [-0.2, 0) is 14.3 Å². The number of esters is 1. The van der Waals surface area contributed by atoms with Crippen molar-refractivity contribution in [1.82, 2.24) is 10.9 Å². The predicted molar refractivity (Wildman–Crippen MR) is 86.3 cm³/mol. The summed E-state index contributed by atoms with van der Waals surface area (Å²) >= 11 is 1.45. The molecule has 0 fully saturated rings. The molecule has 0 saturated heterocycles. The van der Waals surface area contributed by atoms with Gasteiger partial charge in [0.15, 0.2) is 6.61 Å². The Morgan fingerprint density at radius 3 is 2.62 bits per heavy atom. The molecule has 24 heavy (non-hydrogen) atoms. The maximum absolute atomic E-state index is 13.4. The molecule has 2 amide bonds. The standard InChI is InChI=1S/C16H13FN2O4S/c17-13-6-2-1-5-12(13)16(22)19-18-14(20)10-23-15(21)8-7-11-4-3-9-24-11/h1-9H,10H2,(H,18,20)(H,19,22)/b8-7+. The van der Waals surface area contributed by atoms with Crippen LogP contribution in [-0.4, -0.2) is 24.4 Å². The van der Waals surface area contributed by atoms with E-state index in [1.165, 1.54) is 35.6 Å². The molecule has 2 N–H and O–H groups in total. The Bertz CT molecular complexity index is 759. The maximum Gasteiger partial charge on any atom is 0.331 e. The number of ether oxygens (including phenoxy) is 1. The summed E-state index contributed by atoms with van der Waals surface area (Å²) in [6.07, 6.45) is 2.75. The average molecular weight is 348 g/mol. The lowest BCUT2D eigenvalue weighted by Gasteiger charge is -2.07. The number of halogens is 1. The van der Waals surface area contributed by atoms with E-state index >= 15 is 0 Å². The zero-order valence-corrected chi connectivity index (χ0v) is 13.1. The van der Waals surface area contributed by atoms with E-state index in [9.17, 15) is 18.8 Å². The number of benzene rings is 1. The molecule has 0 radical (unpaired) electrons. The van der Waals surface area contributed by atoms with Crippen LogP contribution in [0.25, 0.3) is 6.08 Å². The molecule has 0 atom stereocenters. The molecule has 1 aromatic heterocycles. The molecule has 2 aromatic rings. The summed E-state index contributed by atoms with van der Waals surface area (Å²) < 4.78 is 18.1. The molecule has 1 heterocycles. The smallest absolute Gasteiger partial charge is 0.331 e. The Morgan fingerprint density at radius 1 is 1.12 bits per heavy atom. The lowest BCUT2D eigenvalue weighted by Crippen LogP contribution is -2.43. The van der Waals surface area contributed by atoms with Crippen LogP contribution in [0.15, 0.2) is 47.9 Å². The van der Waals surface area contributed by atoms with Gasteiger partial charge in [0.1, 0.15) is 5.82 Å². The number of nitrogens with one attached hydrogen (secondary N) is 2. The Labute approximate surface area is 140 Å². The van der Waals surface area contributed by atoms with Gasteiger partial charge in [-0.25, -0.2) is 9.18 Å². The summed E-state index contributed by atoms with van der Waals surface area (Å²) in [5.41, 5.74) is 3.85. The van der Waals surface area contributed by atoms with Gasteiger partial charge < -0.3 is 4.74 Å². The monoisotopic (exact) mass is 348 g/mol. The Morgan fingerprint density at radius 2 is 1.92 bits per heavy atom. The molecule has 124 valence electrons. The van der Waals surface area contributed by atoms with Crippen molar-refractivity contribution < 1.29 is 23.5 Å². The second kappa shape index (κ2) is 8.59. The molecule has 0 aliphatic rings. The molecule has 0 saturated carbocycles. The lowest BCUT2D eigenvalue weighted by molar-refractivity contribution is -0.144. The topological polar surface area (TPSA) is 84.5 Å². The Hall–Kier alpha value is -3.00. The molecule has 2 rings (SSSR count). The Kier molecular flexibility index (Phi) is 6.21. The first-order valence-corrected chi connectivity index (χ1v) is 7.66. The van der Waals surface area contributed by atoms with Gasteiger partial charge in [0.2, 0.25) is 0 Å². The third kappa shape index (κ3) is 5.33. The fraction of sp³-hybridized carbons (Fsp3) is 0.0625. The first-order valence-electron chi connectivity index (χ1n) is 6.78. The number of rotatable bonds is 5. The molecule has 8 heteroatoms. The number of hydrogen-bond acceptors (Lipinski definition) is 5. The molecule has 0 unspecified atom stereocenters.